The largest absolute Gasteiger partial charge is 0.494 e. The first-order valence-electron chi connectivity index (χ1n) is 7.02. The fraction of sp³-hybridized carbons (Fsp3) is 0.118. The molecule has 2 heterocycles. The number of hydrogen-bond donors (Lipinski definition) is 0. The summed E-state index contributed by atoms with van der Waals surface area (Å²) in [7, 11) is 0. The lowest BCUT2D eigenvalue weighted by atomic mass is 10.2. The summed E-state index contributed by atoms with van der Waals surface area (Å²) in [4.78, 5) is 20.2. The second-order valence-electron chi connectivity index (χ2n) is 4.73. The van der Waals surface area contributed by atoms with Crippen molar-refractivity contribution in [2.75, 3.05) is 6.61 Å². The van der Waals surface area contributed by atoms with Gasteiger partial charge in [-0.1, -0.05) is 12.1 Å². The Kier molecular flexibility index (Phi) is 4.52. The van der Waals surface area contributed by atoms with Crippen LogP contribution in [0.25, 0.3) is 6.08 Å². The Hall–Kier alpha value is -2.47. The van der Waals surface area contributed by atoms with Gasteiger partial charge in [-0.25, -0.2) is 9.79 Å². The van der Waals surface area contributed by atoms with Gasteiger partial charge in [0.15, 0.2) is 5.70 Å². The summed E-state index contributed by atoms with van der Waals surface area (Å²) in [5, 5.41) is 0. The van der Waals surface area contributed by atoms with Crippen LogP contribution in [0.15, 0.2) is 57.9 Å². The van der Waals surface area contributed by atoms with Crippen LogP contribution in [0.5, 0.6) is 5.75 Å². The standard InChI is InChI=1S/C17H13BrN2O3/c1-2-22-14-5-3-11(4-6-14)7-15-17(21)23-16(20-15)12-8-13(18)10-19-9-12/h3-10H,2H2,1H3/b15-7+. The van der Waals surface area contributed by atoms with Crippen molar-refractivity contribution in [1.29, 1.82) is 0 Å². The number of carbonyl (C=O) groups is 1. The van der Waals surface area contributed by atoms with Crippen LogP contribution in [-0.2, 0) is 9.53 Å². The number of pyridine rings is 1. The van der Waals surface area contributed by atoms with E-state index in [0.717, 1.165) is 15.8 Å². The third-order valence-corrected chi connectivity index (χ3v) is 3.50. The summed E-state index contributed by atoms with van der Waals surface area (Å²) in [5.41, 5.74) is 1.74. The van der Waals surface area contributed by atoms with Gasteiger partial charge in [0.2, 0.25) is 5.90 Å². The molecule has 2 aromatic rings. The first kappa shape index (κ1) is 15.4. The molecule has 1 aliphatic rings. The maximum Gasteiger partial charge on any atom is 0.363 e. The van der Waals surface area contributed by atoms with Crippen molar-refractivity contribution in [1.82, 2.24) is 4.98 Å². The molecule has 0 atom stereocenters. The summed E-state index contributed by atoms with van der Waals surface area (Å²) in [5.74, 6) is 0.558. The topological polar surface area (TPSA) is 60.8 Å². The predicted molar refractivity (Wildman–Crippen MR) is 90.2 cm³/mol. The Morgan fingerprint density at radius 3 is 2.74 bits per heavy atom. The van der Waals surface area contributed by atoms with E-state index in [-0.39, 0.29) is 11.6 Å². The highest BCUT2D eigenvalue weighted by molar-refractivity contribution is 9.10. The molecule has 6 heteroatoms. The number of esters is 1. The average Bonchev–Trinajstić information content (AvgIpc) is 2.91. The van der Waals surface area contributed by atoms with Crippen LogP contribution in [0, 0.1) is 0 Å². The van der Waals surface area contributed by atoms with E-state index < -0.39 is 5.97 Å². The highest BCUT2D eigenvalue weighted by atomic mass is 79.9. The van der Waals surface area contributed by atoms with Gasteiger partial charge in [-0.3, -0.25) is 4.98 Å². The molecule has 1 aliphatic heterocycles. The first-order chi connectivity index (χ1) is 11.2. The second-order valence-corrected chi connectivity index (χ2v) is 5.65. The summed E-state index contributed by atoms with van der Waals surface area (Å²) in [6.07, 6.45) is 4.92. The third kappa shape index (κ3) is 3.65. The van der Waals surface area contributed by atoms with Crippen LogP contribution < -0.4 is 4.74 Å². The van der Waals surface area contributed by atoms with Crippen LogP contribution in [-0.4, -0.2) is 23.5 Å². The minimum Gasteiger partial charge on any atom is -0.494 e. The maximum absolute atomic E-state index is 12.0. The van der Waals surface area contributed by atoms with Gasteiger partial charge in [-0.05, 0) is 52.7 Å². The van der Waals surface area contributed by atoms with Gasteiger partial charge >= 0.3 is 5.97 Å². The predicted octanol–water partition coefficient (Wildman–Crippen LogP) is 3.59. The molecule has 3 rings (SSSR count). The lowest BCUT2D eigenvalue weighted by molar-refractivity contribution is -0.129. The van der Waals surface area contributed by atoms with Crippen LogP contribution in [0.4, 0.5) is 0 Å². The summed E-state index contributed by atoms with van der Waals surface area (Å²) >= 11 is 3.33. The molecule has 0 bridgehead atoms. The van der Waals surface area contributed by atoms with Crippen molar-refractivity contribution in [2.45, 2.75) is 6.92 Å². The fourth-order valence-electron chi connectivity index (χ4n) is 2.05. The van der Waals surface area contributed by atoms with Gasteiger partial charge in [-0.15, -0.1) is 0 Å². The number of benzene rings is 1. The molecule has 0 spiro atoms. The van der Waals surface area contributed by atoms with Gasteiger partial charge in [0.25, 0.3) is 0 Å². The van der Waals surface area contributed by atoms with Crippen LogP contribution in [0.2, 0.25) is 0 Å². The van der Waals surface area contributed by atoms with Crippen molar-refractivity contribution < 1.29 is 14.3 Å². The van der Waals surface area contributed by atoms with Gasteiger partial charge < -0.3 is 9.47 Å². The van der Waals surface area contributed by atoms with Gasteiger partial charge in [-0.2, -0.15) is 0 Å². The summed E-state index contributed by atoms with van der Waals surface area (Å²) in [6.45, 7) is 2.54. The normalized spacial score (nSPS) is 15.5. The molecule has 0 saturated carbocycles. The number of aromatic nitrogens is 1. The van der Waals surface area contributed by atoms with E-state index >= 15 is 0 Å². The van der Waals surface area contributed by atoms with E-state index in [1.54, 1.807) is 24.5 Å². The molecule has 0 saturated heterocycles. The molecule has 0 unspecified atom stereocenters. The Balaban J connectivity index is 1.85. The molecular formula is C17H13BrN2O3. The molecule has 0 aliphatic carbocycles. The number of halogens is 1. The maximum atomic E-state index is 12.0. The number of cyclic esters (lactones) is 1. The van der Waals surface area contributed by atoms with Crippen molar-refractivity contribution in [3.05, 3.63) is 64.0 Å². The van der Waals surface area contributed by atoms with E-state index in [1.165, 1.54) is 0 Å². The summed E-state index contributed by atoms with van der Waals surface area (Å²) in [6, 6.07) is 9.20. The molecule has 0 amide bonds. The van der Waals surface area contributed by atoms with E-state index in [4.69, 9.17) is 9.47 Å². The van der Waals surface area contributed by atoms with Crippen molar-refractivity contribution in [2.24, 2.45) is 4.99 Å². The van der Waals surface area contributed by atoms with Crippen LogP contribution in [0.1, 0.15) is 18.1 Å². The smallest absolute Gasteiger partial charge is 0.363 e. The lowest BCUT2D eigenvalue weighted by Gasteiger charge is -2.02. The monoisotopic (exact) mass is 372 g/mol. The van der Waals surface area contributed by atoms with E-state index in [1.807, 2.05) is 31.2 Å². The van der Waals surface area contributed by atoms with Crippen molar-refractivity contribution in [3.63, 3.8) is 0 Å². The van der Waals surface area contributed by atoms with Gasteiger partial charge in [0, 0.05) is 16.9 Å². The molecule has 0 N–H and O–H groups in total. The Labute approximate surface area is 141 Å². The van der Waals surface area contributed by atoms with Crippen molar-refractivity contribution >= 4 is 33.9 Å². The average molecular weight is 373 g/mol. The van der Waals surface area contributed by atoms with Crippen LogP contribution in [0.3, 0.4) is 0 Å². The molecule has 23 heavy (non-hydrogen) atoms. The van der Waals surface area contributed by atoms with Crippen LogP contribution >= 0.6 is 15.9 Å². The summed E-state index contributed by atoms with van der Waals surface area (Å²) < 4.78 is 11.4. The minimum atomic E-state index is -0.478. The number of nitrogens with zero attached hydrogens (tertiary/aromatic N) is 2. The van der Waals surface area contributed by atoms with Crippen molar-refractivity contribution in [3.8, 4) is 5.75 Å². The number of aliphatic imine (C=N–C) groups is 1. The number of carbonyl (C=O) groups excluding carboxylic acids is 1. The lowest BCUT2D eigenvalue weighted by Crippen LogP contribution is -2.05. The molecule has 5 nitrogen and oxygen atoms in total. The number of rotatable bonds is 4. The molecule has 1 aromatic heterocycles. The van der Waals surface area contributed by atoms with Gasteiger partial charge in [0.1, 0.15) is 5.75 Å². The molecule has 0 radical (unpaired) electrons. The fourth-order valence-corrected chi connectivity index (χ4v) is 2.41. The number of hydrogen-bond acceptors (Lipinski definition) is 5. The zero-order valence-electron chi connectivity index (χ0n) is 12.3. The van der Waals surface area contributed by atoms with E-state index in [9.17, 15) is 4.79 Å². The quantitative estimate of drug-likeness (QED) is 0.607. The zero-order chi connectivity index (χ0) is 16.2. The zero-order valence-corrected chi connectivity index (χ0v) is 13.9. The van der Waals surface area contributed by atoms with E-state index in [2.05, 4.69) is 25.9 Å². The minimum absolute atomic E-state index is 0.251. The first-order valence-corrected chi connectivity index (χ1v) is 7.81. The Morgan fingerprint density at radius 2 is 2.04 bits per heavy atom. The third-order valence-electron chi connectivity index (χ3n) is 3.07. The Morgan fingerprint density at radius 1 is 1.26 bits per heavy atom. The van der Waals surface area contributed by atoms with Gasteiger partial charge in [0.05, 0.1) is 12.2 Å². The number of ether oxygens (including phenoxy) is 2. The molecule has 1 aromatic carbocycles. The Bertz CT molecular complexity index is 798. The molecular weight excluding hydrogens is 360 g/mol. The second kappa shape index (κ2) is 6.75. The highest BCUT2D eigenvalue weighted by Crippen LogP contribution is 2.21. The highest BCUT2D eigenvalue weighted by Gasteiger charge is 2.24. The SMILES string of the molecule is CCOc1ccc(/C=C2/N=C(c3cncc(Br)c3)OC2=O)cc1. The molecule has 0 fully saturated rings. The molecule has 116 valence electrons. The van der Waals surface area contributed by atoms with E-state index in [0.29, 0.717) is 12.2 Å².